The minimum absolute atomic E-state index is 0.0535. The molecule has 0 heterocycles. The van der Waals surface area contributed by atoms with Crippen LogP contribution in [0.3, 0.4) is 0 Å². The first kappa shape index (κ1) is 17.3. The molecule has 0 aliphatic rings. The van der Waals surface area contributed by atoms with Crippen molar-refractivity contribution >= 4 is 5.96 Å². The van der Waals surface area contributed by atoms with Gasteiger partial charge in [-0.2, -0.15) is 0 Å². The van der Waals surface area contributed by atoms with Crippen LogP contribution in [0.2, 0.25) is 0 Å². The zero-order chi connectivity index (χ0) is 15.9. The molecule has 0 aromatic heterocycles. The molecule has 2 N–H and O–H groups in total. The van der Waals surface area contributed by atoms with Crippen molar-refractivity contribution < 1.29 is 9.13 Å². The van der Waals surface area contributed by atoms with Crippen LogP contribution in [-0.4, -0.2) is 30.7 Å². The number of ether oxygens (including phenoxy) is 1. The molecule has 21 heavy (non-hydrogen) atoms. The van der Waals surface area contributed by atoms with Crippen LogP contribution in [0.5, 0.6) is 5.75 Å². The van der Waals surface area contributed by atoms with Crippen LogP contribution in [-0.2, 0) is 0 Å². The van der Waals surface area contributed by atoms with Crippen molar-refractivity contribution in [2.45, 2.75) is 46.3 Å². The van der Waals surface area contributed by atoms with Gasteiger partial charge in [-0.1, -0.05) is 0 Å². The zero-order valence-electron chi connectivity index (χ0n) is 13.5. The van der Waals surface area contributed by atoms with Crippen molar-refractivity contribution in [1.29, 1.82) is 0 Å². The van der Waals surface area contributed by atoms with Gasteiger partial charge in [0, 0.05) is 12.1 Å². The lowest BCUT2D eigenvalue weighted by Gasteiger charge is -2.24. The van der Waals surface area contributed by atoms with E-state index in [-0.39, 0.29) is 17.5 Å². The van der Waals surface area contributed by atoms with E-state index in [4.69, 9.17) is 4.74 Å². The van der Waals surface area contributed by atoms with Crippen molar-refractivity contribution in [2.75, 3.05) is 13.1 Å². The number of nitrogens with one attached hydrogen (secondary N) is 2. The van der Waals surface area contributed by atoms with E-state index in [0.717, 1.165) is 12.5 Å². The molecule has 1 aromatic rings. The number of benzene rings is 1. The molecule has 1 unspecified atom stereocenters. The predicted molar refractivity (Wildman–Crippen MR) is 85.4 cm³/mol. The molecule has 0 saturated carbocycles. The van der Waals surface area contributed by atoms with Crippen LogP contribution in [0.4, 0.5) is 4.39 Å². The van der Waals surface area contributed by atoms with E-state index in [2.05, 4.69) is 36.4 Å². The van der Waals surface area contributed by atoms with Gasteiger partial charge in [0.15, 0.2) is 5.96 Å². The van der Waals surface area contributed by atoms with Crippen molar-refractivity contribution in [3.05, 3.63) is 30.1 Å². The average Bonchev–Trinajstić information content (AvgIpc) is 2.37. The molecule has 5 heteroatoms. The van der Waals surface area contributed by atoms with Gasteiger partial charge in [0.1, 0.15) is 17.7 Å². The van der Waals surface area contributed by atoms with E-state index >= 15 is 0 Å². The highest BCUT2D eigenvalue weighted by Gasteiger charge is 2.12. The Morgan fingerprint density at radius 2 is 1.90 bits per heavy atom. The van der Waals surface area contributed by atoms with Crippen LogP contribution in [0.15, 0.2) is 29.3 Å². The SMILES string of the molecule is CCNC(=NCC(C)Oc1ccc(F)cc1)NC(C)(C)C. The van der Waals surface area contributed by atoms with Crippen LogP contribution in [0.25, 0.3) is 0 Å². The Morgan fingerprint density at radius 1 is 1.29 bits per heavy atom. The molecule has 1 aromatic carbocycles. The molecule has 0 radical (unpaired) electrons. The summed E-state index contributed by atoms with van der Waals surface area (Å²) in [5, 5.41) is 6.52. The molecular formula is C16H26FN3O. The molecule has 4 nitrogen and oxygen atoms in total. The second kappa shape index (κ2) is 7.86. The highest BCUT2D eigenvalue weighted by molar-refractivity contribution is 5.80. The maximum atomic E-state index is 12.8. The summed E-state index contributed by atoms with van der Waals surface area (Å²) in [6.07, 6.45) is -0.0918. The molecule has 0 spiro atoms. The van der Waals surface area contributed by atoms with Gasteiger partial charge in [0.05, 0.1) is 6.54 Å². The van der Waals surface area contributed by atoms with Crippen molar-refractivity contribution in [2.24, 2.45) is 4.99 Å². The van der Waals surface area contributed by atoms with Crippen molar-refractivity contribution in [3.8, 4) is 5.75 Å². The van der Waals surface area contributed by atoms with Gasteiger partial charge in [-0.25, -0.2) is 9.38 Å². The van der Waals surface area contributed by atoms with Crippen LogP contribution in [0.1, 0.15) is 34.6 Å². The van der Waals surface area contributed by atoms with E-state index in [1.807, 2.05) is 13.8 Å². The first-order valence-electron chi connectivity index (χ1n) is 7.29. The molecule has 0 aliphatic carbocycles. The lowest BCUT2D eigenvalue weighted by atomic mass is 10.1. The standard InChI is InChI=1S/C16H26FN3O/c1-6-18-15(20-16(3,4)5)19-11-12(2)21-14-9-7-13(17)8-10-14/h7-10,12H,6,11H2,1-5H3,(H2,18,19,20). The normalized spacial score (nSPS) is 13.7. The maximum Gasteiger partial charge on any atom is 0.191 e. The number of hydrogen-bond donors (Lipinski definition) is 2. The summed E-state index contributed by atoms with van der Waals surface area (Å²) < 4.78 is 18.5. The van der Waals surface area contributed by atoms with E-state index in [9.17, 15) is 4.39 Å². The largest absolute Gasteiger partial charge is 0.489 e. The molecular weight excluding hydrogens is 269 g/mol. The van der Waals surface area contributed by atoms with Gasteiger partial charge in [0.2, 0.25) is 0 Å². The summed E-state index contributed by atoms with van der Waals surface area (Å²) in [6.45, 7) is 11.5. The van der Waals surface area contributed by atoms with Gasteiger partial charge >= 0.3 is 0 Å². The Hall–Kier alpha value is -1.78. The van der Waals surface area contributed by atoms with Crippen LogP contribution in [0, 0.1) is 5.82 Å². The summed E-state index contributed by atoms with van der Waals surface area (Å²) in [4.78, 5) is 4.51. The van der Waals surface area contributed by atoms with Crippen LogP contribution < -0.4 is 15.4 Å². The summed E-state index contributed by atoms with van der Waals surface area (Å²) in [6, 6.07) is 6.01. The van der Waals surface area contributed by atoms with Gasteiger partial charge in [-0.15, -0.1) is 0 Å². The second-order valence-electron chi connectivity index (χ2n) is 5.98. The number of hydrogen-bond acceptors (Lipinski definition) is 2. The lowest BCUT2D eigenvalue weighted by Crippen LogP contribution is -2.47. The first-order chi connectivity index (χ1) is 9.80. The Kier molecular flexibility index (Phi) is 6.46. The van der Waals surface area contributed by atoms with Gasteiger partial charge in [-0.3, -0.25) is 0 Å². The molecule has 0 bridgehead atoms. The summed E-state index contributed by atoms with van der Waals surface area (Å²) in [5.41, 5.74) is -0.0535. The van der Waals surface area contributed by atoms with E-state index < -0.39 is 0 Å². The molecule has 0 amide bonds. The fourth-order valence-electron chi connectivity index (χ4n) is 1.66. The molecule has 1 atom stereocenters. The molecule has 1 rings (SSSR count). The molecule has 0 fully saturated rings. The Bertz CT molecular complexity index is 452. The van der Waals surface area contributed by atoms with Crippen LogP contribution >= 0.6 is 0 Å². The van der Waals surface area contributed by atoms with E-state index in [1.54, 1.807) is 12.1 Å². The molecule has 118 valence electrons. The fraction of sp³-hybridized carbons (Fsp3) is 0.562. The number of halogens is 1. The third-order valence-electron chi connectivity index (χ3n) is 2.50. The number of rotatable bonds is 5. The number of aliphatic imine (C=N–C) groups is 1. The third-order valence-corrected chi connectivity index (χ3v) is 2.50. The molecule has 0 saturated heterocycles. The fourth-order valence-corrected chi connectivity index (χ4v) is 1.66. The topological polar surface area (TPSA) is 45.7 Å². The summed E-state index contributed by atoms with van der Waals surface area (Å²) in [7, 11) is 0. The number of guanidine groups is 1. The predicted octanol–water partition coefficient (Wildman–Crippen LogP) is 2.95. The Balaban J connectivity index is 2.56. The van der Waals surface area contributed by atoms with Crippen molar-refractivity contribution in [1.82, 2.24) is 10.6 Å². The first-order valence-corrected chi connectivity index (χ1v) is 7.29. The number of nitrogens with zero attached hydrogens (tertiary/aromatic N) is 1. The lowest BCUT2D eigenvalue weighted by molar-refractivity contribution is 0.230. The minimum atomic E-state index is -0.267. The average molecular weight is 295 g/mol. The maximum absolute atomic E-state index is 12.8. The highest BCUT2D eigenvalue weighted by atomic mass is 19.1. The second-order valence-corrected chi connectivity index (χ2v) is 5.98. The summed E-state index contributed by atoms with van der Waals surface area (Å²) in [5.74, 6) is 1.14. The zero-order valence-corrected chi connectivity index (χ0v) is 13.5. The third kappa shape index (κ3) is 7.54. The quantitative estimate of drug-likeness (QED) is 0.648. The molecule has 0 aliphatic heterocycles. The van der Waals surface area contributed by atoms with Gasteiger partial charge in [0.25, 0.3) is 0 Å². The highest BCUT2D eigenvalue weighted by Crippen LogP contribution is 2.13. The summed E-state index contributed by atoms with van der Waals surface area (Å²) >= 11 is 0. The Morgan fingerprint density at radius 3 is 2.43 bits per heavy atom. The smallest absolute Gasteiger partial charge is 0.191 e. The Labute approximate surface area is 126 Å². The minimum Gasteiger partial charge on any atom is -0.489 e. The van der Waals surface area contributed by atoms with Crippen molar-refractivity contribution in [3.63, 3.8) is 0 Å². The van der Waals surface area contributed by atoms with Gasteiger partial charge < -0.3 is 15.4 Å². The van der Waals surface area contributed by atoms with E-state index in [0.29, 0.717) is 12.3 Å². The monoisotopic (exact) mass is 295 g/mol. The van der Waals surface area contributed by atoms with E-state index in [1.165, 1.54) is 12.1 Å². The van der Waals surface area contributed by atoms with Gasteiger partial charge in [-0.05, 0) is 58.9 Å².